The maximum Gasteiger partial charge on any atom is 0.140 e. The van der Waals surface area contributed by atoms with E-state index < -0.39 is 0 Å². The molecular weight excluding hydrogens is 286 g/mol. The molecule has 0 saturated heterocycles. The Balaban J connectivity index is 2.12. The molecule has 1 aromatic carbocycles. The molecule has 0 fully saturated rings. The summed E-state index contributed by atoms with van der Waals surface area (Å²) in [6.07, 6.45) is 0. The summed E-state index contributed by atoms with van der Waals surface area (Å²) in [7, 11) is 0. The van der Waals surface area contributed by atoms with Crippen molar-refractivity contribution in [2.24, 2.45) is 0 Å². The summed E-state index contributed by atoms with van der Waals surface area (Å²) >= 11 is 6.10. The minimum atomic E-state index is 0.0517. The van der Waals surface area contributed by atoms with Crippen molar-refractivity contribution in [3.63, 3.8) is 0 Å². The Bertz CT molecular complexity index is 584. The molecule has 0 N–H and O–H groups in total. The summed E-state index contributed by atoms with van der Waals surface area (Å²) in [5, 5.41) is 1.01. The predicted octanol–water partition coefficient (Wildman–Crippen LogP) is 4.76. The highest BCUT2D eigenvalue weighted by Gasteiger charge is 2.22. The number of nitrogens with zero attached hydrogens (tertiary/aromatic N) is 1. The lowest BCUT2D eigenvalue weighted by Crippen LogP contribution is -2.14. The third-order valence-electron chi connectivity index (χ3n) is 2.95. The molecule has 2 rings (SSSR count). The minimum Gasteiger partial charge on any atom is -0.486 e. The van der Waals surface area contributed by atoms with Crippen LogP contribution >= 0.6 is 24.0 Å². The Morgan fingerprint density at radius 1 is 1.30 bits per heavy atom. The molecule has 4 heteroatoms. The highest BCUT2D eigenvalue weighted by atomic mass is 32.1. The van der Waals surface area contributed by atoms with Gasteiger partial charge in [0.05, 0.1) is 5.69 Å². The minimum absolute atomic E-state index is 0.0517. The molecule has 1 aromatic heterocycles. The van der Waals surface area contributed by atoms with Crippen molar-refractivity contribution >= 4 is 24.0 Å². The molecule has 0 saturated carbocycles. The zero-order valence-electron chi connectivity index (χ0n) is 12.4. The Hall–Kier alpha value is -1.000. The van der Waals surface area contributed by atoms with Gasteiger partial charge in [-0.05, 0) is 24.6 Å². The third kappa shape index (κ3) is 3.76. The fourth-order valence-electron chi connectivity index (χ4n) is 2.01. The fraction of sp³-hybridized carbons (Fsp3) is 0.438. The van der Waals surface area contributed by atoms with E-state index in [0.29, 0.717) is 6.61 Å². The van der Waals surface area contributed by atoms with E-state index >= 15 is 0 Å². The van der Waals surface area contributed by atoms with Crippen molar-refractivity contribution in [1.82, 2.24) is 4.98 Å². The molecule has 0 atom stereocenters. The normalized spacial score (nSPS) is 11.7. The molecule has 20 heavy (non-hydrogen) atoms. The van der Waals surface area contributed by atoms with Crippen LogP contribution in [-0.4, -0.2) is 4.98 Å². The van der Waals surface area contributed by atoms with Crippen molar-refractivity contribution in [1.29, 1.82) is 0 Å². The van der Waals surface area contributed by atoms with Gasteiger partial charge >= 0.3 is 0 Å². The van der Waals surface area contributed by atoms with Crippen LogP contribution in [0.25, 0.3) is 0 Å². The maximum atomic E-state index is 5.82. The van der Waals surface area contributed by atoms with Gasteiger partial charge in [0, 0.05) is 16.0 Å². The largest absolute Gasteiger partial charge is 0.486 e. The van der Waals surface area contributed by atoms with Crippen molar-refractivity contribution in [3.8, 4) is 5.75 Å². The highest BCUT2D eigenvalue weighted by Crippen LogP contribution is 2.31. The van der Waals surface area contributed by atoms with Gasteiger partial charge in [-0.3, -0.25) is 0 Å². The van der Waals surface area contributed by atoms with Crippen LogP contribution in [0.3, 0.4) is 0 Å². The molecule has 0 unspecified atom stereocenters. The van der Waals surface area contributed by atoms with E-state index in [1.807, 2.05) is 18.2 Å². The first kappa shape index (κ1) is 15.4. The number of thiazole rings is 1. The average Bonchev–Trinajstić information content (AvgIpc) is 2.80. The van der Waals surface area contributed by atoms with Crippen LogP contribution in [-0.2, 0) is 17.8 Å². The van der Waals surface area contributed by atoms with E-state index in [1.165, 1.54) is 10.4 Å². The summed E-state index contributed by atoms with van der Waals surface area (Å²) < 4.78 is 5.82. The van der Waals surface area contributed by atoms with Crippen LogP contribution in [0.4, 0.5) is 0 Å². The van der Waals surface area contributed by atoms with Gasteiger partial charge < -0.3 is 4.74 Å². The van der Waals surface area contributed by atoms with Gasteiger partial charge in [0.1, 0.15) is 17.4 Å². The summed E-state index contributed by atoms with van der Waals surface area (Å²) in [6.45, 7) is 9.12. The highest BCUT2D eigenvalue weighted by molar-refractivity contribution is 7.79. The lowest BCUT2D eigenvalue weighted by Gasteiger charge is -2.16. The lowest BCUT2D eigenvalue weighted by molar-refractivity contribution is 0.304. The molecule has 0 radical (unpaired) electrons. The predicted molar refractivity (Wildman–Crippen MR) is 89.0 cm³/mol. The topological polar surface area (TPSA) is 22.1 Å². The molecule has 0 aliphatic carbocycles. The number of hydrogen-bond donors (Lipinski definition) is 1. The van der Waals surface area contributed by atoms with Gasteiger partial charge in [0.15, 0.2) is 0 Å². The summed E-state index contributed by atoms with van der Waals surface area (Å²) in [5.74, 6) is 1.62. The first-order valence-corrected chi connectivity index (χ1v) is 8.14. The summed E-state index contributed by atoms with van der Waals surface area (Å²) in [5.41, 5.74) is 2.39. The second-order valence-corrected chi connectivity index (χ2v) is 7.38. The molecule has 0 spiro atoms. The molecule has 2 aromatic rings. The Morgan fingerprint density at radius 3 is 2.60 bits per heavy atom. The molecule has 0 amide bonds. The van der Waals surface area contributed by atoms with Crippen molar-refractivity contribution in [3.05, 3.63) is 45.4 Å². The quantitative estimate of drug-likeness (QED) is 0.823. The Morgan fingerprint density at radius 2 is 2.05 bits per heavy atom. The van der Waals surface area contributed by atoms with E-state index in [-0.39, 0.29) is 5.41 Å². The van der Waals surface area contributed by atoms with Crippen LogP contribution in [0.1, 0.15) is 41.9 Å². The van der Waals surface area contributed by atoms with E-state index in [4.69, 9.17) is 9.72 Å². The zero-order valence-corrected chi connectivity index (χ0v) is 14.1. The van der Waals surface area contributed by atoms with Gasteiger partial charge in [-0.1, -0.05) is 32.9 Å². The van der Waals surface area contributed by atoms with Gasteiger partial charge in [0.25, 0.3) is 0 Å². The van der Waals surface area contributed by atoms with E-state index in [1.54, 1.807) is 11.3 Å². The molecular formula is C16H21NOS2. The number of ether oxygens (including phenoxy) is 1. The van der Waals surface area contributed by atoms with Crippen molar-refractivity contribution < 1.29 is 4.74 Å². The zero-order chi connectivity index (χ0) is 14.8. The van der Waals surface area contributed by atoms with Crippen LogP contribution in [0, 0.1) is 6.92 Å². The first-order valence-electron chi connectivity index (χ1n) is 6.69. The Labute approximate surface area is 130 Å². The first-order chi connectivity index (χ1) is 9.40. The second-order valence-electron chi connectivity index (χ2n) is 5.89. The van der Waals surface area contributed by atoms with Gasteiger partial charge in [-0.15, -0.1) is 11.3 Å². The smallest absolute Gasteiger partial charge is 0.140 e. The number of aryl methyl sites for hydroxylation is 1. The summed E-state index contributed by atoms with van der Waals surface area (Å²) in [4.78, 5) is 5.97. The number of benzene rings is 1. The van der Waals surface area contributed by atoms with Gasteiger partial charge in [-0.25, -0.2) is 4.98 Å². The Kier molecular flexibility index (Phi) is 4.76. The second kappa shape index (κ2) is 6.19. The summed E-state index contributed by atoms with van der Waals surface area (Å²) in [6, 6.07) is 8.09. The fourth-order valence-corrected chi connectivity index (χ4v) is 3.40. The van der Waals surface area contributed by atoms with Crippen LogP contribution in [0.5, 0.6) is 5.75 Å². The molecule has 2 nitrogen and oxygen atoms in total. The molecule has 0 aliphatic heterocycles. The molecule has 1 heterocycles. The van der Waals surface area contributed by atoms with Crippen molar-refractivity contribution in [2.75, 3.05) is 0 Å². The standard InChI is InChI=1S/C16H21NOS2/c1-11-6-5-7-12(8-11)18-9-14-17-15(16(2,3)4)13(10-19)20-14/h5-8,19H,9-10H2,1-4H3. The average molecular weight is 307 g/mol. The third-order valence-corrected chi connectivity index (χ3v) is 4.51. The molecule has 0 bridgehead atoms. The van der Waals surface area contributed by atoms with Crippen LogP contribution < -0.4 is 4.74 Å². The number of aromatic nitrogens is 1. The lowest BCUT2D eigenvalue weighted by atomic mass is 9.91. The van der Waals surface area contributed by atoms with Gasteiger partial charge in [-0.2, -0.15) is 12.6 Å². The monoisotopic (exact) mass is 307 g/mol. The van der Waals surface area contributed by atoms with Crippen molar-refractivity contribution in [2.45, 2.75) is 45.5 Å². The maximum absolute atomic E-state index is 5.82. The van der Waals surface area contributed by atoms with E-state index in [2.05, 4.69) is 46.4 Å². The number of hydrogen-bond acceptors (Lipinski definition) is 4. The van der Waals surface area contributed by atoms with E-state index in [0.717, 1.165) is 22.2 Å². The molecule has 0 aliphatic rings. The van der Waals surface area contributed by atoms with Crippen LogP contribution in [0.2, 0.25) is 0 Å². The van der Waals surface area contributed by atoms with Gasteiger partial charge in [0.2, 0.25) is 0 Å². The van der Waals surface area contributed by atoms with Crippen LogP contribution in [0.15, 0.2) is 24.3 Å². The van der Waals surface area contributed by atoms with E-state index in [9.17, 15) is 0 Å². The number of rotatable bonds is 4. The number of thiol groups is 1. The molecule has 108 valence electrons. The SMILES string of the molecule is Cc1cccc(OCc2nc(C(C)(C)C)c(CS)s2)c1.